The van der Waals surface area contributed by atoms with E-state index in [0.717, 1.165) is 0 Å². The first-order valence-electron chi connectivity index (χ1n) is 3.96. The molecule has 0 bridgehead atoms. The van der Waals surface area contributed by atoms with Gasteiger partial charge in [0, 0.05) is 11.1 Å². The third kappa shape index (κ3) is 2.07. The average molecular weight is 259 g/mol. The minimum atomic E-state index is -0.760. The molecule has 0 spiro atoms. The molecule has 4 heteroatoms. The van der Waals surface area contributed by atoms with Gasteiger partial charge in [-0.15, -0.1) is 0 Å². The molecule has 0 aliphatic carbocycles. The highest BCUT2D eigenvalue weighted by Crippen LogP contribution is 2.28. The van der Waals surface area contributed by atoms with Crippen LogP contribution in [0.25, 0.3) is 0 Å². The van der Waals surface area contributed by atoms with Gasteiger partial charge in [-0.1, -0.05) is 28.1 Å². The third-order valence-electron chi connectivity index (χ3n) is 1.82. The van der Waals surface area contributed by atoms with Gasteiger partial charge in [0.1, 0.15) is 22.7 Å². The summed E-state index contributed by atoms with van der Waals surface area (Å²) in [6.45, 7) is 1.33. The molecular formula is C10H8BrFO2. The number of hydrogen-bond donors (Lipinski definition) is 0. The molecule has 0 aliphatic heterocycles. The molecule has 1 atom stereocenters. The summed E-state index contributed by atoms with van der Waals surface area (Å²) in [5, 5.41) is 0. The van der Waals surface area contributed by atoms with Crippen molar-refractivity contribution in [3.8, 4) is 0 Å². The lowest BCUT2D eigenvalue weighted by atomic mass is 10.0. The van der Waals surface area contributed by atoms with Gasteiger partial charge < -0.3 is 0 Å². The van der Waals surface area contributed by atoms with Crippen molar-refractivity contribution in [1.29, 1.82) is 0 Å². The number of ketones is 1. The lowest BCUT2D eigenvalue weighted by molar-refractivity contribution is -0.116. The van der Waals surface area contributed by atoms with Crippen LogP contribution in [0.5, 0.6) is 0 Å². The molecule has 0 fully saturated rings. The Labute approximate surface area is 89.2 Å². The van der Waals surface area contributed by atoms with E-state index >= 15 is 0 Å². The van der Waals surface area contributed by atoms with Gasteiger partial charge >= 0.3 is 0 Å². The fourth-order valence-electron chi connectivity index (χ4n) is 1.13. The van der Waals surface area contributed by atoms with E-state index in [1.165, 1.54) is 25.1 Å². The number of alkyl halides is 1. The smallest absolute Gasteiger partial charge is 0.150 e. The summed E-state index contributed by atoms with van der Waals surface area (Å²) >= 11 is 3.04. The molecular weight excluding hydrogens is 251 g/mol. The van der Waals surface area contributed by atoms with Gasteiger partial charge in [-0.05, 0) is 13.0 Å². The van der Waals surface area contributed by atoms with Crippen molar-refractivity contribution in [2.75, 3.05) is 0 Å². The van der Waals surface area contributed by atoms with Crippen LogP contribution < -0.4 is 0 Å². The van der Waals surface area contributed by atoms with Crippen molar-refractivity contribution in [2.45, 2.75) is 11.8 Å². The average Bonchev–Trinajstić information content (AvgIpc) is 2.16. The van der Waals surface area contributed by atoms with Crippen molar-refractivity contribution < 1.29 is 14.0 Å². The molecule has 0 heterocycles. The molecule has 0 amide bonds. The van der Waals surface area contributed by atoms with E-state index in [4.69, 9.17) is 0 Å². The molecule has 1 aromatic rings. The van der Waals surface area contributed by atoms with Crippen molar-refractivity contribution in [2.24, 2.45) is 0 Å². The van der Waals surface area contributed by atoms with Crippen LogP contribution >= 0.6 is 15.9 Å². The molecule has 1 rings (SSSR count). The molecule has 14 heavy (non-hydrogen) atoms. The summed E-state index contributed by atoms with van der Waals surface area (Å²) < 4.78 is 13.3. The molecule has 74 valence electrons. The number of Topliss-reactive ketones (excluding diaryl/α,β-unsaturated/α-hetero) is 1. The topological polar surface area (TPSA) is 34.1 Å². The standard InChI is InChI=1S/C10H8BrFO2/c1-6(14)10(11)9-7(5-13)3-2-4-8(9)12/h2-5,10H,1H3. The highest BCUT2D eigenvalue weighted by Gasteiger charge is 2.20. The Kier molecular flexibility index (Phi) is 3.52. The van der Waals surface area contributed by atoms with Gasteiger partial charge in [0.25, 0.3) is 0 Å². The van der Waals surface area contributed by atoms with E-state index < -0.39 is 10.6 Å². The van der Waals surface area contributed by atoms with E-state index in [2.05, 4.69) is 15.9 Å². The van der Waals surface area contributed by atoms with Crippen LogP contribution in [0, 0.1) is 5.82 Å². The fraction of sp³-hybridized carbons (Fsp3) is 0.200. The second-order valence-corrected chi connectivity index (χ2v) is 3.75. The number of rotatable bonds is 3. The van der Waals surface area contributed by atoms with Crippen LogP contribution in [0.3, 0.4) is 0 Å². The van der Waals surface area contributed by atoms with Crippen molar-refractivity contribution in [1.82, 2.24) is 0 Å². The summed E-state index contributed by atoms with van der Waals surface area (Å²) in [4.78, 5) is 20.9. The van der Waals surface area contributed by atoms with E-state index in [1.807, 2.05) is 0 Å². The lowest BCUT2D eigenvalue weighted by Crippen LogP contribution is -2.07. The Hall–Kier alpha value is -1.03. The SMILES string of the molecule is CC(=O)C(Br)c1c(F)cccc1C=O. The summed E-state index contributed by atoms with van der Waals surface area (Å²) in [6.07, 6.45) is 0.537. The van der Waals surface area contributed by atoms with Gasteiger partial charge in [0.05, 0.1) is 0 Å². The zero-order valence-corrected chi connectivity index (χ0v) is 9.05. The van der Waals surface area contributed by atoms with E-state index in [-0.39, 0.29) is 16.9 Å². The molecule has 0 aliphatic rings. The summed E-state index contributed by atoms with van der Waals surface area (Å²) in [5.41, 5.74) is 0.303. The zero-order chi connectivity index (χ0) is 10.7. The monoisotopic (exact) mass is 258 g/mol. The van der Waals surface area contributed by atoms with Crippen molar-refractivity contribution in [3.05, 3.63) is 35.1 Å². The summed E-state index contributed by atoms with van der Waals surface area (Å²) in [5.74, 6) is -0.787. The fourth-order valence-corrected chi connectivity index (χ4v) is 1.61. The number of carbonyl (C=O) groups is 2. The van der Waals surface area contributed by atoms with Gasteiger partial charge in [-0.2, -0.15) is 0 Å². The molecule has 1 aromatic carbocycles. The third-order valence-corrected chi connectivity index (χ3v) is 2.93. The second-order valence-electron chi connectivity index (χ2n) is 2.83. The molecule has 0 aromatic heterocycles. The van der Waals surface area contributed by atoms with Crippen LogP contribution in [0.1, 0.15) is 27.7 Å². The molecule has 1 unspecified atom stereocenters. The van der Waals surface area contributed by atoms with Crippen LogP contribution in [0.2, 0.25) is 0 Å². The van der Waals surface area contributed by atoms with Gasteiger partial charge in [0.2, 0.25) is 0 Å². The molecule has 0 N–H and O–H groups in total. The largest absolute Gasteiger partial charge is 0.298 e. The number of aldehydes is 1. The first-order chi connectivity index (χ1) is 6.57. The Bertz CT molecular complexity index is 376. The zero-order valence-electron chi connectivity index (χ0n) is 7.46. The Morgan fingerprint density at radius 2 is 2.21 bits per heavy atom. The molecule has 0 saturated carbocycles. The first-order valence-corrected chi connectivity index (χ1v) is 4.87. The quantitative estimate of drug-likeness (QED) is 0.617. The number of benzene rings is 1. The minimum Gasteiger partial charge on any atom is -0.298 e. The maximum Gasteiger partial charge on any atom is 0.150 e. The maximum absolute atomic E-state index is 13.3. The molecule has 0 radical (unpaired) electrons. The Morgan fingerprint density at radius 1 is 1.57 bits per heavy atom. The highest BCUT2D eigenvalue weighted by molar-refractivity contribution is 9.09. The predicted molar refractivity (Wildman–Crippen MR) is 54.1 cm³/mol. The molecule has 0 saturated heterocycles. The lowest BCUT2D eigenvalue weighted by Gasteiger charge is -2.09. The van der Waals surface area contributed by atoms with E-state index in [1.54, 1.807) is 0 Å². The number of carbonyl (C=O) groups excluding carboxylic acids is 2. The second kappa shape index (κ2) is 4.46. The maximum atomic E-state index is 13.3. The van der Waals surface area contributed by atoms with Gasteiger partial charge in [-0.25, -0.2) is 4.39 Å². The predicted octanol–water partition coefficient (Wildman–Crippen LogP) is 2.66. The minimum absolute atomic E-state index is 0.106. The van der Waals surface area contributed by atoms with E-state index in [9.17, 15) is 14.0 Å². The molecule has 2 nitrogen and oxygen atoms in total. The normalized spacial score (nSPS) is 12.2. The summed E-state index contributed by atoms with van der Waals surface area (Å²) in [7, 11) is 0. The number of halogens is 2. The Balaban J connectivity index is 3.30. The van der Waals surface area contributed by atoms with Crippen LogP contribution in [-0.4, -0.2) is 12.1 Å². The first kappa shape index (κ1) is 11.0. The summed E-state index contributed by atoms with van der Waals surface area (Å²) in [6, 6.07) is 4.13. The van der Waals surface area contributed by atoms with Crippen LogP contribution in [-0.2, 0) is 4.79 Å². The van der Waals surface area contributed by atoms with Gasteiger partial charge in [0.15, 0.2) is 0 Å². The highest BCUT2D eigenvalue weighted by atomic mass is 79.9. The van der Waals surface area contributed by atoms with E-state index in [0.29, 0.717) is 6.29 Å². The number of hydrogen-bond acceptors (Lipinski definition) is 2. The Morgan fingerprint density at radius 3 is 2.71 bits per heavy atom. The van der Waals surface area contributed by atoms with Crippen LogP contribution in [0.15, 0.2) is 18.2 Å². The van der Waals surface area contributed by atoms with Crippen LogP contribution in [0.4, 0.5) is 4.39 Å². The van der Waals surface area contributed by atoms with Crippen molar-refractivity contribution >= 4 is 28.0 Å². The van der Waals surface area contributed by atoms with Gasteiger partial charge in [-0.3, -0.25) is 9.59 Å². The van der Waals surface area contributed by atoms with Crippen molar-refractivity contribution in [3.63, 3.8) is 0 Å².